The molecule has 4 nitrogen and oxygen atoms in total. The molecule has 1 unspecified atom stereocenters. The SMILES string of the molecule is Cc1ccc(Cl)cc1S(=O)(=O)N(C)C(CN)C1CC1.Cl. The Morgan fingerprint density at radius 1 is 1.45 bits per heavy atom. The largest absolute Gasteiger partial charge is 0.329 e. The van der Waals surface area contributed by atoms with Gasteiger partial charge in [0, 0.05) is 24.7 Å². The van der Waals surface area contributed by atoms with Gasteiger partial charge in [-0.25, -0.2) is 8.42 Å². The fourth-order valence-electron chi connectivity index (χ4n) is 2.30. The molecule has 2 N–H and O–H groups in total. The van der Waals surface area contributed by atoms with Crippen molar-refractivity contribution in [3.63, 3.8) is 0 Å². The van der Waals surface area contributed by atoms with Crippen LogP contribution >= 0.6 is 24.0 Å². The third kappa shape index (κ3) is 3.46. The van der Waals surface area contributed by atoms with Gasteiger partial charge >= 0.3 is 0 Å². The fourth-order valence-corrected chi connectivity index (χ4v) is 4.22. The van der Waals surface area contributed by atoms with Crippen molar-refractivity contribution in [2.45, 2.75) is 30.7 Å². The molecule has 1 aromatic rings. The van der Waals surface area contributed by atoms with Crippen LogP contribution in [-0.4, -0.2) is 32.4 Å². The summed E-state index contributed by atoms with van der Waals surface area (Å²) in [6, 6.07) is 4.79. The molecule has 0 heterocycles. The second-order valence-electron chi connectivity index (χ2n) is 5.07. The van der Waals surface area contributed by atoms with Crippen molar-refractivity contribution in [1.29, 1.82) is 0 Å². The van der Waals surface area contributed by atoms with E-state index < -0.39 is 10.0 Å². The zero-order valence-electron chi connectivity index (χ0n) is 11.5. The van der Waals surface area contributed by atoms with Crippen molar-refractivity contribution >= 4 is 34.0 Å². The maximum absolute atomic E-state index is 12.6. The number of hydrogen-bond acceptors (Lipinski definition) is 3. The molecule has 0 aromatic heterocycles. The van der Waals surface area contributed by atoms with Gasteiger partial charge in [0.2, 0.25) is 10.0 Å². The molecule has 1 fully saturated rings. The highest BCUT2D eigenvalue weighted by atomic mass is 35.5. The van der Waals surface area contributed by atoms with Gasteiger partial charge in [0.25, 0.3) is 0 Å². The number of likely N-dealkylation sites (N-methyl/N-ethyl adjacent to an activating group) is 1. The minimum absolute atomic E-state index is 0. The van der Waals surface area contributed by atoms with Gasteiger partial charge in [0.1, 0.15) is 0 Å². The lowest BCUT2D eigenvalue weighted by atomic mass is 10.2. The van der Waals surface area contributed by atoms with Crippen LogP contribution in [0.15, 0.2) is 23.1 Å². The summed E-state index contributed by atoms with van der Waals surface area (Å²) >= 11 is 5.91. The van der Waals surface area contributed by atoms with Crippen molar-refractivity contribution in [3.8, 4) is 0 Å². The van der Waals surface area contributed by atoms with E-state index in [2.05, 4.69) is 0 Å². The molecular formula is C13H20Cl2N2O2S. The summed E-state index contributed by atoms with van der Waals surface area (Å²) in [5, 5.41) is 0.424. The molecule has 1 saturated carbocycles. The molecule has 0 spiro atoms. The average molecular weight is 339 g/mol. The maximum atomic E-state index is 12.6. The van der Waals surface area contributed by atoms with Gasteiger partial charge in [-0.05, 0) is 43.4 Å². The zero-order chi connectivity index (χ0) is 14.2. The monoisotopic (exact) mass is 338 g/mol. The number of nitrogens with zero attached hydrogens (tertiary/aromatic N) is 1. The molecule has 0 bridgehead atoms. The van der Waals surface area contributed by atoms with Gasteiger partial charge in [-0.3, -0.25) is 0 Å². The van der Waals surface area contributed by atoms with Crippen molar-refractivity contribution in [2.75, 3.05) is 13.6 Å². The highest BCUT2D eigenvalue weighted by Crippen LogP contribution is 2.36. The summed E-state index contributed by atoms with van der Waals surface area (Å²) in [5.41, 5.74) is 6.42. The fraction of sp³-hybridized carbons (Fsp3) is 0.538. The lowest BCUT2D eigenvalue weighted by Gasteiger charge is -2.27. The third-order valence-corrected chi connectivity index (χ3v) is 5.94. The minimum atomic E-state index is -3.54. The zero-order valence-corrected chi connectivity index (χ0v) is 13.9. The molecule has 1 aliphatic rings. The first-order valence-corrected chi connectivity index (χ1v) is 8.14. The van der Waals surface area contributed by atoms with E-state index in [9.17, 15) is 8.42 Å². The Balaban J connectivity index is 0.00000200. The van der Waals surface area contributed by atoms with Crippen LogP contribution in [0.3, 0.4) is 0 Å². The van der Waals surface area contributed by atoms with Crippen molar-refractivity contribution in [3.05, 3.63) is 28.8 Å². The second kappa shape index (κ2) is 6.62. The van der Waals surface area contributed by atoms with Crippen LogP contribution < -0.4 is 5.73 Å². The predicted octanol–water partition coefficient (Wildman–Crippen LogP) is 2.43. The molecular weight excluding hydrogens is 319 g/mol. The Morgan fingerprint density at radius 3 is 2.55 bits per heavy atom. The lowest BCUT2D eigenvalue weighted by Crippen LogP contribution is -2.43. The van der Waals surface area contributed by atoms with Crippen molar-refractivity contribution in [1.82, 2.24) is 4.31 Å². The molecule has 1 aliphatic carbocycles. The Bertz CT molecular complexity index is 574. The van der Waals surface area contributed by atoms with Gasteiger partial charge in [0.05, 0.1) is 4.90 Å². The number of rotatable bonds is 5. The molecule has 20 heavy (non-hydrogen) atoms. The van der Waals surface area contributed by atoms with Crippen LogP contribution in [0, 0.1) is 12.8 Å². The molecule has 7 heteroatoms. The Morgan fingerprint density at radius 2 is 2.05 bits per heavy atom. The number of hydrogen-bond donors (Lipinski definition) is 1. The predicted molar refractivity (Wildman–Crippen MR) is 84.0 cm³/mol. The second-order valence-corrected chi connectivity index (χ2v) is 7.47. The third-order valence-electron chi connectivity index (χ3n) is 3.68. The van der Waals surface area contributed by atoms with E-state index in [1.807, 2.05) is 0 Å². The maximum Gasteiger partial charge on any atom is 0.243 e. The molecule has 0 radical (unpaired) electrons. The molecule has 0 saturated heterocycles. The highest BCUT2D eigenvalue weighted by molar-refractivity contribution is 7.89. The van der Waals surface area contributed by atoms with Crippen LogP contribution in [0.4, 0.5) is 0 Å². The van der Waals surface area contributed by atoms with E-state index in [1.54, 1.807) is 26.1 Å². The van der Waals surface area contributed by atoms with Crippen LogP contribution in [0.5, 0.6) is 0 Å². The molecule has 2 rings (SSSR count). The van der Waals surface area contributed by atoms with Crippen LogP contribution in [0.2, 0.25) is 5.02 Å². The van der Waals surface area contributed by atoms with E-state index in [0.717, 1.165) is 12.8 Å². The Hall–Kier alpha value is -0.330. The van der Waals surface area contributed by atoms with Gasteiger partial charge in [-0.2, -0.15) is 4.31 Å². The number of aryl methyl sites for hydroxylation is 1. The van der Waals surface area contributed by atoms with E-state index in [-0.39, 0.29) is 23.3 Å². The highest BCUT2D eigenvalue weighted by Gasteiger charge is 2.38. The quantitative estimate of drug-likeness (QED) is 0.896. The molecule has 1 aromatic carbocycles. The summed E-state index contributed by atoms with van der Waals surface area (Å²) in [6.45, 7) is 2.12. The molecule has 114 valence electrons. The van der Waals surface area contributed by atoms with E-state index in [4.69, 9.17) is 17.3 Å². The number of nitrogens with two attached hydrogens (primary N) is 1. The van der Waals surface area contributed by atoms with Crippen LogP contribution in [0.25, 0.3) is 0 Å². The smallest absolute Gasteiger partial charge is 0.243 e. The van der Waals surface area contributed by atoms with Gasteiger partial charge in [0.15, 0.2) is 0 Å². The Kier molecular flexibility index (Phi) is 5.87. The summed E-state index contributed by atoms with van der Waals surface area (Å²) in [6.07, 6.45) is 2.10. The van der Waals surface area contributed by atoms with Crippen molar-refractivity contribution in [2.24, 2.45) is 11.7 Å². The molecule has 0 amide bonds. The van der Waals surface area contributed by atoms with Gasteiger partial charge in [-0.15, -0.1) is 12.4 Å². The normalized spacial score (nSPS) is 16.9. The lowest BCUT2D eigenvalue weighted by molar-refractivity contribution is 0.340. The number of halogens is 2. The average Bonchev–Trinajstić information content (AvgIpc) is 3.17. The summed E-state index contributed by atoms with van der Waals surface area (Å²) in [5.74, 6) is 0.393. The first-order chi connectivity index (χ1) is 8.87. The summed E-state index contributed by atoms with van der Waals surface area (Å²) < 4.78 is 26.7. The van der Waals surface area contributed by atoms with Crippen LogP contribution in [0.1, 0.15) is 18.4 Å². The first kappa shape index (κ1) is 17.7. The van der Waals surface area contributed by atoms with Gasteiger partial charge in [-0.1, -0.05) is 17.7 Å². The number of sulfonamides is 1. The van der Waals surface area contributed by atoms with E-state index in [0.29, 0.717) is 23.0 Å². The molecule has 0 aliphatic heterocycles. The first-order valence-electron chi connectivity index (χ1n) is 6.32. The van der Waals surface area contributed by atoms with Crippen LogP contribution in [-0.2, 0) is 10.0 Å². The minimum Gasteiger partial charge on any atom is -0.329 e. The van der Waals surface area contributed by atoms with Crippen molar-refractivity contribution < 1.29 is 8.42 Å². The standard InChI is InChI=1S/C13H19ClN2O2S.ClH/c1-9-3-6-11(14)7-13(9)19(17,18)16(2)12(8-15)10-4-5-10;/h3,6-7,10,12H,4-5,8,15H2,1-2H3;1H. The van der Waals surface area contributed by atoms with Gasteiger partial charge < -0.3 is 5.73 Å². The summed E-state index contributed by atoms with van der Waals surface area (Å²) in [4.78, 5) is 0.265. The van der Waals surface area contributed by atoms with E-state index >= 15 is 0 Å². The molecule has 1 atom stereocenters. The topological polar surface area (TPSA) is 63.4 Å². The van der Waals surface area contributed by atoms with E-state index in [1.165, 1.54) is 10.4 Å². The number of benzene rings is 1. The summed E-state index contributed by atoms with van der Waals surface area (Å²) in [7, 11) is -1.94. The Labute approximate surface area is 131 Å².